The summed E-state index contributed by atoms with van der Waals surface area (Å²) < 4.78 is 21.1. The highest BCUT2D eigenvalue weighted by Gasteiger charge is 2.23. The molecule has 0 radical (unpaired) electrons. The number of benzene rings is 1. The van der Waals surface area contributed by atoms with Crippen LogP contribution >= 0.6 is 0 Å². The van der Waals surface area contributed by atoms with Gasteiger partial charge in [-0.3, -0.25) is 4.79 Å². The van der Waals surface area contributed by atoms with Crippen LogP contribution in [0, 0.1) is 11.9 Å². The molecule has 1 aromatic heterocycles. The average Bonchev–Trinajstić information content (AvgIpc) is 2.94. The van der Waals surface area contributed by atoms with Gasteiger partial charge in [-0.05, 0) is 24.8 Å². The summed E-state index contributed by atoms with van der Waals surface area (Å²) in [5.41, 5.74) is 0.991. The molecule has 1 aliphatic rings. The first-order valence-electron chi connectivity index (χ1n) is 8.55. The topological polar surface area (TPSA) is 44.1 Å². The molecular formula is C19H23FN2O2. The zero-order valence-electron chi connectivity index (χ0n) is 14.0. The van der Waals surface area contributed by atoms with Crippen molar-refractivity contribution in [2.24, 2.45) is 5.92 Å². The fourth-order valence-electron chi connectivity index (χ4n) is 3.05. The molecule has 0 spiro atoms. The molecule has 0 N–H and O–H groups in total. The maximum Gasteiger partial charge on any atom is 0.242 e. The Balaban J connectivity index is 1.64. The van der Waals surface area contributed by atoms with Gasteiger partial charge in [-0.15, -0.1) is 0 Å². The fourth-order valence-corrected chi connectivity index (χ4v) is 3.05. The maximum atomic E-state index is 14.0. The predicted molar refractivity (Wildman–Crippen MR) is 89.5 cm³/mol. The second-order valence-corrected chi connectivity index (χ2v) is 6.44. The number of imidazole rings is 1. The summed E-state index contributed by atoms with van der Waals surface area (Å²) in [6, 6.07) is 9.50. The minimum atomic E-state index is -0.731. The lowest BCUT2D eigenvalue weighted by Crippen LogP contribution is -2.20. The number of rotatable bonds is 8. The summed E-state index contributed by atoms with van der Waals surface area (Å²) >= 11 is 0. The SMILES string of the molecule is C[C@H](c1ccccc1)n1cnc(F)c1C(=O)COCCC1CCC1. The highest BCUT2D eigenvalue weighted by molar-refractivity contribution is 5.95. The Morgan fingerprint density at radius 1 is 1.38 bits per heavy atom. The first-order valence-corrected chi connectivity index (χ1v) is 8.55. The number of carbonyl (C=O) groups is 1. The lowest BCUT2D eigenvalue weighted by Gasteiger charge is -2.24. The molecule has 3 rings (SSSR count). The van der Waals surface area contributed by atoms with Gasteiger partial charge in [-0.1, -0.05) is 49.6 Å². The summed E-state index contributed by atoms with van der Waals surface area (Å²) in [5, 5.41) is 0. The maximum absolute atomic E-state index is 14.0. The highest BCUT2D eigenvalue weighted by atomic mass is 19.1. The van der Waals surface area contributed by atoms with Crippen molar-refractivity contribution in [2.45, 2.75) is 38.6 Å². The molecule has 1 saturated carbocycles. The van der Waals surface area contributed by atoms with E-state index >= 15 is 0 Å². The van der Waals surface area contributed by atoms with Crippen LogP contribution < -0.4 is 0 Å². The molecule has 0 unspecified atom stereocenters. The summed E-state index contributed by atoms with van der Waals surface area (Å²) in [5.74, 6) is -0.354. The Hall–Kier alpha value is -2.01. The van der Waals surface area contributed by atoms with Crippen LogP contribution in [0.15, 0.2) is 36.7 Å². The highest BCUT2D eigenvalue weighted by Crippen LogP contribution is 2.29. The van der Waals surface area contributed by atoms with E-state index in [1.165, 1.54) is 25.6 Å². The third kappa shape index (κ3) is 3.73. The molecule has 0 bridgehead atoms. The average molecular weight is 330 g/mol. The number of ketones is 1. The minimum Gasteiger partial charge on any atom is -0.373 e. The smallest absolute Gasteiger partial charge is 0.242 e. The van der Waals surface area contributed by atoms with Gasteiger partial charge in [0.05, 0.1) is 12.4 Å². The van der Waals surface area contributed by atoms with Gasteiger partial charge >= 0.3 is 0 Å². The molecule has 0 amide bonds. The van der Waals surface area contributed by atoms with Crippen molar-refractivity contribution < 1.29 is 13.9 Å². The van der Waals surface area contributed by atoms with Crippen LogP contribution in [-0.2, 0) is 4.74 Å². The normalized spacial score (nSPS) is 15.9. The standard InChI is InChI=1S/C19H23FN2O2/c1-14(16-8-3-2-4-9-16)22-13-21-19(20)18(22)17(23)12-24-11-10-15-6-5-7-15/h2-4,8-9,13-15H,5-7,10-12H2,1H3/t14-/m1/s1. The van der Waals surface area contributed by atoms with Crippen LogP contribution in [0.1, 0.15) is 54.7 Å². The quantitative estimate of drug-likeness (QED) is 0.542. The van der Waals surface area contributed by atoms with E-state index in [1.54, 1.807) is 4.57 Å². The molecule has 0 saturated heterocycles. The van der Waals surface area contributed by atoms with Crippen molar-refractivity contribution in [1.29, 1.82) is 0 Å². The van der Waals surface area contributed by atoms with Crippen molar-refractivity contribution in [1.82, 2.24) is 9.55 Å². The van der Waals surface area contributed by atoms with Gasteiger partial charge < -0.3 is 9.30 Å². The largest absolute Gasteiger partial charge is 0.373 e. The van der Waals surface area contributed by atoms with Crippen LogP contribution in [0.3, 0.4) is 0 Å². The summed E-state index contributed by atoms with van der Waals surface area (Å²) in [4.78, 5) is 16.1. The van der Waals surface area contributed by atoms with Crippen molar-refractivity contribution >= 4 is 5.78 Å². The van der Waals surface area contributed by atoms with Crippen LogP contribution in [0.25, 0.3) is 0 Å². The molecule has 1 atom stereocenters. The molecule has 4 nitrogen and oxygen atoms in total. The van der Waals surface area contributed by atoms with Crippen molar-refractivity contribution in [2.75, 3.05) is 13.2 Å². The van der Waals surface area contributed by atoms with Gasteiger partial charge in [-0.2, -0.15) is 4.39 Å². The van der Waals surface area contributed by atoms with E-state index in [1.807, 2.05) is 37.3 Å². The lowest BCUT2D eigenvalue weighted by molar-refractivity contribution is 0.0691. The van der Waals surface area contributed by atoms with Crippen LogP contribution in [-0.4, -0.2) is 28.5 Å². The number of hydrogen-bond donors (Lipinski definition) is 0. The Bertz CT molecular complexity index is 680. The Morgan fingerprint density at radius 3 is 2.79 bits per heavy atom. The Labute approximate surface area is 141 Å². The van der Waals surface area contributed by atoms with E-state index in [9.17, 15) is 9.18 Å². The van der Waals surface area contributed by atoms with Crippen molar-refractivity contribution in [3.63, 3.8) is 0 Å². The molecule has 24 heavy (non-hydrogen) atoms. The first kappa shape index (κ1) is 16.8. The minimum absolute atomic E-state index is 0.00463. The van der Waals surface area contributed by atoms with Gasteiger partial charge in [0.2, 0.25) is 11.7 Å². The number of nitrogens with zero attached hydrogens (tertiary/aromatic N) is 2. The molecule has 1 aromatic carbocycles. The Morgan fingerprint density at radius 2 is 2.12 bits per heavy atom. The second-order valence-electron chi connectivity index (χ2n) is 6.44. The number of halogens is 1. The number of hydrogen-bond acceptors (Lipinski definition) is 3. The fraction of sp³-hybridized carbons (Fsp3) is 0.474. The van der Waals surface area contributed by atoms with E-state index in [4.69, 9.17) is 4.74 Å². The molecule has 128 valence electrons. The molecule has 1 fully saturated rings. The molecule has 1 heterocycles. The van der Waals surface area contributed by atoms with Gasteiger partial charge in [0.15, 0.2) is 0 Å². The van der Waals surface area contributed by atoms with Crippen molar-refractivity contribution in [3.8, 4) is 0 Å². The monoisotopic (exact) mass is 330 g/mol. The van der Waals surface area contributed by atoms with Crippen LogP contribution in [0.5, 0.6) is 0 Å². The van der Waals surface area contributed by atoms with E-state index < -0.39 is 5.95 Å². The second kappa shape index (κ2) is 7.71. The molecule has 0 aliphatic heterocycles. The molecule has 5 heteroatoms. The zero-order valence-corrected chi connectivity index (χ0v) is 14.0. The van der Waals surface area contributed by atoms with Gasteiger partial charge in [0.25, 0.3) is 0 Å². The van der Waals surface area contributed by atoms with Crippen LogP contribution in [0.2, 0.25) is 0 Å². The molecular weight excluding hydrogens is 307 g/mol. The third-order valence-electron chi connectivity index (χ3n) is 4.84. The van der Waals surface area contributed by atoms with Gasteiger partial charge in [0.1, 0.15) is 12.3 Å². The van der Waals surface area contributed by atoms with Gasteiger partial charge in [0, 0.05) is 6.61 Å². The number of ether oxygens (including phenoxy) is 1. The lowest BCUT2D eigenvalue weighted by atomic mass is 9.83. The van der Waals surface area contributed by atoms with Crippen LogP contribution in [0.4, 0.5) is 4.39 Å². The predicted octanol–water partition coefficient (Wildman–Crippen LogP) is 4.02. The van der Waals surface area contributed by atoms with Crippen molar-refractivity contribution in [3.05, 3.63) is 53.9 Å². The Kier molecular flexibility index (Phi) is 5.41. The van der Waals surface area contributed by atoms with Gasteiger partial charge in [-0.25, -0.2) is 4.98 Å². The summed E-state index contributed by atoms with van der Waals surface area (Å²) in [7, 11) is 0. The molecule has 2 aromatic rings. The number of aromatic nitrogens is 2. The third-order valence-corrected chi connectivity index (χ3v) is 4.84. The number of Topliss-reactive ketones (excluding diaryl/α,β-unsaturated/α-hetero) is 1. The molecule has 1 aliphatic carbocycles. The number of carbonyl (C=O) groups excluding carboxylic acids is 1. The van der Waals surface area contributed by atoms with E-state index in [-0.39, 0.29) is 24.1 Å². The summed E-state index contributed by atoms with van der Waals surface area (Å²) in [6.07, 6.45) is 6.18. The summed E-state index contributed by atoms with van der Waals surface area (Å²) in [6.45, 7) is 2.38. The van der Waals surface area contributed by atoms with E-state index in [2.05, 4.69) is 4.98 Å². The van der Waals surface area contributed by atoms with E-state index in [0.717, 1.165) is 17.9 Å². The first-order chi connectivity index (χ1) is 11.7. The van der Waals surface area contributed by atoms with E-state index in [0.29, 0.717) is 6.61 Å². The zero-order chi connectivity index (χ0) is 16.9.